The van der Waals surface area contributed by atoms with Gasteiger partial charge in [-0.3, -0.25) is 10.00 Å². The molecular formula is C9H16N4. The van der Waals surface area contributed by atoms with E-state index in [1.54, 1.807) is 0 Å². The number of nitrogens with zero attached hydrogens (tertiary/aromatic N) is 2. The third kappa shape index (κ3) is 1.36. The number of hydrogen-bond acceptors (Lipinski definition) is 3. The minimum Gasteiger partial charge on any atom is -0.326 e. The van der Waals surface area contributed by atoms with E-state index in [1.807, 2.05) is 13.1 Å². The first kappa shape index (κ1) is 8.72. The van der Waals surface area contributed by atoms with E-state index in [0.717, 1.165) is 13.0 Å². The Hall–Kier alpha value is -0.870. The van der Waals surface area contributed by atoms with Crippen LogP contribution in [0.25, 0.3) is 0 Å². The maximum absolute atomic E-state index is 5.94. The van der Waals surface area contributed by atoms with Gasteiger partial charge in [0, 0.05) is 12.6 Å². The molecule has 0 saturated heterocycles. The van der Waals surface area contributed by atoms with Crippen molar-refractivity contribution in [3.63, 3.8) is 0 Å². The van der Waals surface area contributed by atoms with Crippen molar-refractivity contribution in [3.8, 4) is 0 Å². The molecule has 0 radical (unpaired) electrons. The summed E-state index contributed by atoms with van der Waals surface area (Å²) in [5.41, 5.74) is 8.46. The van der Waals surface area contributed by atoms with Crippen molar-refractivity contribution in [1.82, 2.24) is 15.1 Å². The summed E-state index contributed by atoms with van der Waals surface area (Å²) in [6.07, 6.45) is 2.99. The molecule has 2 rings (SSSR count). The van der Waals surface area contributed by atoms with E-state index in [1.165, 1.54) is 11.3 Å². The van der Waals surface area contributed by atoms with Crippen LogP contribution in [-0.2, 0) is 6.42 Å². The number of H-pyrrole nitrogens is 1. The van der Waals surface area contributed by atoms with E-state index in [2.05, 4.69) is 22.1 Å². The smallest absolute Gasteiger partial charge is 0.0665 e. The maximum Gasteiger partial charge on any atom is 0.0665 e. The van der Waals surface area contributed by atoms with Crippen LogP contribution in [0.4, 0.5) is 0 Å². The van der Waals surface area contributed by atoms with E-state index in [-0.39, 0.29) is 6.04 Å². The first-order chi connectivity index (χ1) is 6.20. The van der Waals surface area contributed by atoms with Crippen molar-refractivity contribution in [3.05, 3.63) is 17.5 Å². The summed E-state index contributed by atoms with van der Waals surface area (Å²) in [5, 5.41) is 7.11. The summed E-state index contributed by atoms with van der Waals surface area (Å²) in [6.45, 7) is 3.11. The second-order valence-corrected chi connectivity index (χ2v) is 3.84. The molecule has 1 aliphatic heterocycles. The van der Waals surface area contributed by atoms with Gasteiger partial charge >= 0.3 is 0 Å². The summed E-state index contributed by atoms with van der Waals surface area (Å²) in [7, 11) is 2.11. The van der Waals surface area contributed by atoms with Crippen LogP contribution in [0.1, 0.15) is 24.2 Å². The Morgan fingerprint density at radius 2 is 2.54 bits per heavy atom. The minimum atomic E-state index is 0.143. The number of nitrogens with one attached hydrogen (secondary N) is 1. The van der Waals surface area contributed by atoms with Gasteiger partial charge in [-0.25, -0.2) is 0 Å². The zero-order valence-corrected chi connectivity index (χ0v) is 8.12. The van der Waals surface area contributed by atoms with E-state index < -0.39 is 0 Å². The van der Waals surface area contributed by atoms with Gasteiger partial charge in [0.25, 0.3) is 0 Å². The fourth-order valence-corrected chi connectivity index (χ4v) is 2.10. The highest BCUT2D eigenvalue weighted by molar-refractivity contribution is 5.24. The molecule has 1 aromatic rings. The van der Waals surface area contributed by atoms with Gasteiger partial charge in [0.1, 0.15) is 0 Å². The highest BCUT2D eigenvalue weighted by Crippen LogP contribution is 2.27. The molecule has 13 heavy (non-hydrogen) atoms. The van der Waals surface area contributed by atoms with Crippen molar-refractivity contribution in [2.45, 2.75) is 25.4 Å². The monoisotopic (exact) mass is 180 g/mol. The lowest BCUT2D eigenvalue weighted by molar-refractivity contribution is 0.202. The average molecular weight is 180 g/mol. The van der Waals surface area contributed by atoms with E-state index in [4.69, 9.17) is 5.73 Å². The van der Waals surface area contributed by atoms with Gasteiger partial charge in [-0.2, -0.15) is 5.10 Å². The lowest BCUT2D eigenvalue weighted by Gasteiger charge is -2.34. The third-order valence-corrected chi connectivity index (χ3v) is 2.75. The fraction of sp³-hybridized carbons (Fsp3) is 0.667. The van der Waals surface area contributed by atoms with Gasteiger partial charge in [0.15, 0.2) is 0 Å². The Morgan fingerprint density at radius 1 is 1.77 bits per heavy atom. The molecule has 0 bridgehead atoms. The zero-order valence-electron chi connectivity index (χ0n) is 8.12. The number of nitrogens with two attached hydrogens (primary N) is 1. The largest absolute Gasteiger partial charge is 0.326 e. The first-order valence-corrected chi connectivity index (χ1v) is 4.68. The molecule has 1 aliphatic rings. The lowest BCUT2D eigenvalue weighted by atomic mass is 9.96. The molecule has 2 atom stereocenters. The molecule has 4 heteroatoms. The summed E-state index contributed by atoms with van der Waals surface area (Å²) in [6, 6.07) is 0.441. The van der Waals surface area contributed by atoms with Crippen LogP contribution in [0.5, 0.6) is 0 Å². The molecule has 1 aromatic heterocycles. The number of fused-ring (bicyclic) bond motifs is 1. The second kappa shape index (κ2) is 3.12. The number of aromatic nitrogens is 2. The molecule has 0 spiro atoms. The zero-order chi connectivity index (χ0) is 9.42. The number of hydrogen-bond donors (Lipinski definition) is 2. The van der Waals surface area contributed by atoms with Crippen LogP contribution in [0.2, 0.25) is 0 Å². The number of likely N-dealkylation sites (N-methyl/N-ethyl adjacent to an activating group) is 1. The van der Waals surface area contributed by atoms with Crippen molar-refractivity contribution in [2.24, 2.45) is 5.73 Å². The van der Waals surface area contributed by atoms with Crippen LogP contribution < -0.4 is 5.73 Å². The van der Waals surface area contributed by atoms with Crippen molar-refractivity contribution >= 4 is 0 Å². The molecule has 0 aromatic carbocycles. The van der Waals surface area contributed by atoms with Crippen LogP contribution in [0, 0.1) is 0 Å². The molecule has 2 unspecified atom stereocenters. The standard InChI is InChI=1S/C9H16N4/c1-6(10)9-8-7(5-11-12-8)3-4-13(9)2/h5-6,9H,3-4,10H2,1-2H3,(H,11,12). The van der Waals surface area contributed by atoms with Gasteiger partial charge in [0.05, 0.1) is 17.9 Å². The highest BCUT2D eigenvalue weighted by atomic mass is 15.2. The molecule has 72 valence electrons. The fourth-order valence-electron chi connectivity index (χ4n) is 2.10. The number of rotatable bonds is 1. The van der Waals surface area contributed by atoms with Gasteiger partial charge in [-0.05, 0) is 26.0 Å². The molecule has 0 amide bonds. The summed E-state index contributed by atoms with van der Waals surface area (Å²) in [4.78, 5) is 2.28. The van der Waals surface area contributed by atoms with Crippen LogP contribution >= 0.6 is 0 Å². The lowest BCUT2D eigenvalue weighted by Crippen LogP contribution is -2.41. The highest BCUT2D eigenvalue weighted by Gasteiger charge is 2.28. The minimum absolute atomic E-state index is 0.143. The molecular weight excluding hydrogens is 164 g/mol. The van der Waals surface area contributed by atoms with Crippen molar-refractivity contribution in [2.75, 3.05) is 13.6 Å². The molecule has 4 nitrogen and oxygen atoms in total. The first-order valence-electron chi connectivity index (χ1n) is 4.68. The Morgan fingerprint density at radius 3 is 3.23 bits per heavy atom. The Kier molecular flexibility index (Phi) is 2.09. The van der Waals surface area contributed by atoms with E-state index >= 15 is 0 Å². The molecule has 0 aliphatic carbocycles. The predicted molar refractivity (Wildman–Crippen MR) is 51.3 cm³/mol. The predicted octanol–water partition coefficient (Wildman–Crippen LogP) is 0.286. The molecule has 2 heterocycles. The average Bonchev–Trinajstić information content (AvgIpc) is 2.50. The van der Waals surface area contributed by atoms with E-state index in [9.17, 15) is 0 Å². The molecule has 0 saturated carbocycles. The normalized spacial score (nSPS) is 25.6. The Labute approximate surface area is 78.1 Å². The van der Waals surface area contributed by atoms with Gasteiger partial charge in [-0.15, -0.1) is 0 Å². The van der Waals surface area contributed by atoms with Crippen LogP contribution in [0.3, 0.4) is 0 Å². The summed E-state index contributed by atoms with van der Waals surface area (Å²) in [5.74, 6) is 0. The Balaban J connectivity index is 2.36. The topological polar surface area (TPSA) is 57.9 Å². The number of aromatic amines is 1. The van der Waals surface area contributed by atoms with E-state index in [0.29, 0.717) is 6.04 Å². The maximum atomic E-state index is 5.94. The Bertz CT molecular complexity index is 292. The molecule has 0 fully saturated rings. The van der Waals surface area contributed by atoms with Crippen LogP contribution in [0.15, 0.2) is 6.20 Å². The van der Waals surface area contributed by atoms with Crippen molar-refractivity contribution in [1.29, 1.82) is 0 Å². The van der Waals surface area contributed by atoms with Crippen molar-refractivity contribution < 1.29 is 0 Å². The molecule has 3 N–H and O–H groups in total. The summed E-state index contributed by atoms with van der Waals surface area (Å²) >= 11 is 0. The summed E-state index contributed by atoms with van der Waals surface area (Å²) < 4.78 is 0. The van der Waals surface area contributed by atoms with Crippen LogP contribution in [-0.4, -0.2) is 34.7 Å². The quantitative estimate of drug-likeness (QED) is 0.653. The van der Waals surface area contributed by atoms with Gasteiger partial charge in [0.2, 0.25) is 0 Å². The van der Waals surface area contributed by atoms with Gasteiger partial charge < -0.3 is 5.73 Å². The van der Waals surface area contributed by atoms with Gasteiger partial charge in [-0.1, -0.05) is 0 Å². The third-order valence-electron chi connectivity index (χ3n) is 2.75. The SMILES string of the molecule is CC(N)C1c2[nH]ncc2CCN1C. The second-order valence-electron chi connectivity index (χ2n) is 3.84.